The number of aromatic nitrogens is 1. The number of aryl methyl sites for hydroxylation is 1. The summed E-state index contributed by atoms with van der Waals surface area (Å²) in [5, 5.41) is 4.65. The van der Waals surface area contributed by atoms with Gasteiger partial charge in [0.05, 0.1) is 5.52 Å². The zero-order valence-corrected chi connectivity index (χ0v) is 11.2. The standard InChI is InChI=1S/C16H17N3/c1-12-11-15(17-14-8-4-3-7-13(12)14)18-16-9-5-6-10-19(16)2/h3-11,16H,1-2H3,(H,17,18). The van der Waals surface area contributed by atoms with E-state index in [0.29, 0.717) is 0 Å². The van der Waals surface area contributed by atoms with Gasteiger partial charge in [-0.1, -0.05) is 24.3 Å². The van der Waals surface area contributed by atoms with Crippen LogP contribution in [0.25, 0.3) is 10.9 Å². The molecule has 3 rings (SSSR count). The largest absolute Gasteiger partial charge is 0.357 e. The van der Waals surface area contributed by atoms with Crippen molar-refractivity contribution in [3.05, 3.63) is 60.3 Å². The third kappa shape index (κ3) is 2.32. The van der Waals surface area contributed by atoms with Crippen molar-refractivity contribution in [1.82, 2.24) is 9.88 Å². The van der Waals surface area contributed by atoms with E-state index in [1.54, 1.807) is 0 Å². The average Bonchev–Trinajstić information content (AvgIpc) is 2.42. The van der Waals surface area contributed by atoms with E-state index in [0.717, 1.165) is 11.3 Å². The Labute approximate surface area is 113 Å². The fourth-order valence-electron chi connectivity index (χ4n) is 2.31. The number of hydrogen-bond donors (Lipinski definition) is 1. The molecule has 0 fully saturated rings. The second-order valence-electron chi connectivity index (χ2n) is 4.82. The minimum atomic E-state index is 0.151. The molecule has 1 atom stereocenters. The van der Waals surface area contributed by atoms with E-state index in [1.807, 2.05) is 43.6 Å². The van der Waals surface area contributed by atoms with Crippen molar-refractivity contribution in [2.75, 3.05) is 12.4 Å². The molecule has 1 aromatic carbocycles. The number of allylic oxidation sites excluding steroid dienone is 2. The quantitative estimate of drug-likeness (QED) is 0.887. The summed E-state index contributed by atoms with van der Waals surface area (Å²) in [4.78, 5) is 6.79. The summed E-state index contributed by atoms with van der Waals surface area (Å²) in [6, 6.07) is 10.3. The second kappa shape index (κ2) is 4.76. The van der Waals surface area contributed by atoms with Gasteiger partial charge in [0.25, 0.3) is 0 Å². The summed E-state index contributed by atoms with van der Waals surface area (Å²) in [7, 11) is 2.05. The molecule has 2 aromatic rings. The van der Waals surface area contributed by atoms with Gasteiger partial charge in [-0.05, 0) is 36.8 Å². The lowest BCUT2D eigenvalue weighted by Crippen LogP contribution is -2.34. The third-order valence-electron chi connectivity index (χ3n) is 3.38. The Kier molecular flexibility index (Phi) is 2.95. The van der Waals surface area contributed by atoms with Crippen molar-refractivity contribution in [2.45, 2.75) is 13.1 Å². The predicted octanol–water partition coefficient (Wildman–Crippen LogP) is 3.30. The molecule has 0 saturated carbocycles. The van der Waals surface area contributed by atoms with Crippen molar-refractivity contribution in [3.63, 3.8) is 0 Å². The van der Waals surface area contributed by atoms with Crippen LogP contribution in [0.15, 0.2) is 54.8 Å². The van der Waals surface area contributed by atoms with Gasteiger partial charge >= 0.3 is 0 Å². The van der Waals surface area contributed by atoms with Gasteiger partial charge in [-0.3, -0.25) is 0 Å². The molecule has 1 N–H and O–H groups in total. The molecule has 3 heteroatoms. The average molecular weight is 251 g/mol. The minimum absolute atomic E-state index is 0.151. The van der Waals surface area contributed by atoms with Gasteiger partial charge in [0.2, 0.25) is 0 Å². The number of nitrogens with zero attached hydrogens (tertiary/aromatic N) is 2. The fraction of sp³-hybridized carbons (Fsp3) is 0.188. The Bertz CT molecular complexity index is 658. The molecule has 0 radical (unpaired) electrons. The molecule has 19 heavy (non-hydrogen) atoms. The topological polar surface area (TPSA) is 28.2 Å². The minimum Gasteiger partial charge on any atom is -0.357 e. The van der Waals surface area contributed by atoms with E-state index in [1.165, 1.54) is 10.9 Å². The van der Waals surface area contributed by atoms with Gasteiger partial charge in [-0.15, -0.1) is 0 Å². The molecule has 0 aliphatic carbocycles. The summed E-state index contributed by atoms with van der Waals surface area (Å²) in [5.74, 6) is 0.910. The Morgan fingerprint density at radius 1 is 1.21 bits per heavy atom. The molecule has 3 nitrogen and oxygen atoms in total. The molecular weight excluding hydrogens is 234 g/mol. The molecule has 1 aromatic heterocycles. The number of anilines is 1. The summed E-state index contributed by atoms with van der Waals surface area (Å²) in [6.07, 6.45) is 8.39. The van der Waals surface area contributed by atoms with Crippen LogP contribution in [-0.2, 0) is 0 Å². The van der Waals surface area contributed by atoms with Crippen LogP contribution in [0.5, 0.6) is 0 Å². The molecule has 2 heterocycles. The molecule has 1 aliphatic rings. The highest BCUT2D eigenvalue weighted by atomic mass is 15.3. The van der Waals surface area contributed by atoms with E-state index in [-0.39, 0.29) is 6.17 Å². The summed E-state index contributed by atoms with van der Waals surface area (Å²) in [5.41, 5.74) is 2.27. The first-order valence-electron chi connectivity index (χ1n) is 6.44. The van der Waals surface area contributed by atoms with Crippen LogP contribution in [-0.4, -0.2) is 23.1 Å². The van der Waals surface area contributed by atoms with E-state index in [2.05, 4.69) is 40.3 Å². The van der Waals surface area contributed by atoms with Crippen LogP contribution >= 0.6 is 0 Å². The molecule has 1 unspecified atom stereocenters. The second-order valence-corrected chi connectivity index (χ2v) is 4.82. The fourth-order valence-corrected chi connectivity index (χ4v) is 2.31. The first kappa shape index (κ1) is 11.8. The van der Waals surface area contributed by atoms with Crippen LogP contribution in [0.3, 0.4) is 0 Å². The van der Waals surface area contributed by atoms with Gasteiger partial charge in [0, 0.05) is 18.6 Å². The van der Waals surface area contributed by atoms with Crippen LogP contribution in [0, 0.1) is 6.92 Å². The Hall–Kier alpha value is -2.29. The van der Waals surface area contributed by atoms with Crippen LogP contribution in [0.4, 0.5) is 5.82 Å². The van der Waals surface area contributed by atoms with Crippen molar-refractivity contribution < 1.29 is 0 Å². The summed E-state index contributed by atoms with van der Waals surface area (Å²) < 4.78 is 0. The number of rotatable bonds is 2. The van der Waals surface area contributed by atoms with E-state index in [4.69, 9.17) is 0 Å². The van der Waals surface area contributed by atoms with Crippen molar-refractivity contribution in [2.24, 2.45) is 0 Å². The number of pyridine rings is 1. The molecule has 0 bridgehead atoms. The molecule has 0 spiro atoms. The maximum atomic E-state index is 4.67. The summed E-state index contributed by atoms with van der Waals surface area (Å²) in [6.45, 7) is 2.12. The molecular formula is C16H17N3. The van der Waals surface area contributed by atoms with Gasteiger partial charge in [0.1, 0.15) is 12.0 Å². The van der Waals surface area contributed by atoms with E-state index in [9.17, 15) is 0 Å². The molecule has 0 saturated heterocycles. The number of hydrogen-bond acceptors (Lipinski definition) is 3. The lowest BCUT2D eigenvalue weighted by Gasteiger charge is -2.27. The first-order chi connectivity index (χ1) is 9.24. The van der Waals surface area contributed by atoms with Crippen LogP contribution in [0.1, 0.15) is 5.56 Å². The molecule has 1 aliphatic heterocycles. The van der Waals surface area contributed by atoms with Crippen LogP contribution < -0.4 is 5.32 Å². The zero-order chi connectivity index (χ0) is 13.2. The smallest absolute Gasteiger partial charge is 0.128 e. The van der Waals surface area contributed by atoms with Gasteiger partial charge < -0.3 is 10.2 Å². The lowest BCUT2D eigenvalue weighted by molar-refractivity contribution is 0.411. The van der Waals surface area contributed by atoms with E-state index < -0.39 is 0 Å². The van der Waals surface area contributed by atoms with Crippen molar-refractivity contribution in [1.29, 1.82) is 0 Å². The number of likely N-dealkylation sites (N-methyl/N-ethyl adjacent to an activating group) is 1. The number of fused-ring (bicyclic) bond motifs is 1. The van der Waals surface area contributed by atoms with Gasteiger partial charge in [0.15, 0.2) is 0 Å². The highest BCUT2D eigenvalue weighted by molar-refractivity contribution is 5.83. The number of nitrogens with one attached hydrogen (secondary N) is 1. The summed E-state index contributed by atoms with van der Waals surface area (Å²) >= 11 is 0. The van der Waals surface area contributed by atoms with Gasteiger partial charge in [-0.25, -0.2) is 4.98 Å². The Balaban J connectivity index is 1.93. The highest BCUT2D eigenvalue weighted by Crippen LogP contribution is 2.21. The molecule has 0 amide bonds. The first-order valence-corrected chi connectivity index (χ1v) is 6.44. The van der Waals surface area contributed by atoms with Crippen molar-refractivity contribution >= 4 is 16.7 Å². The highest BCUT2D eigenvalue weighted by Gasteiger charge is 2.11. The lowest BCUT2D eigenvalue weighted by atomic mass is 10.1. The zero-order valence-electron chi connectivity index (χ0n) is 11.2. The Morgan fingerprint density at radius 3 is 2.89 bits per heavy atom. The predicted molar refractivity (Wildman–Crippen MR) is 79.9 cm³/mol. The SMILES string of the molecule is Cc1cc(NC2C=CC=CN2C)nc2ccccc12. The van der Waals surface area contributed by atoms with Crippen molar-refractivity contribution in [3.8, 4) is 0 Å². The monoisotopic (exact) mass is 251 g/mol. The maximum absolute atomic E-state index is 4.67. The molecule has 96 valence electrons. The number of benzene rings is 1. The van der Waals surface area contributed by atoms with Crippen LogP contribution in [0.2, 0.25) is 0 Å². The third-order valence-corrected chi connectivity index (χ3v) is 3.38. The van der Waals surface area contributed by atoms with E-state index >= 15 is 0 Å². The Morgan fingerprint density at radius 2 is 2.05 bits per heavy atom. The number of para-hydroxylation sites is 1. The van der Waals surface area contributed by atoms with Gasteiger partial charge in [-0.2, -0.15) is 0 Å². The maximum Gasteiger partial charge on any atom is 0.128 e. The normalized spacial score (nSPS) is 18.0.